The molecule has 1 rings (SSSR count). The minimum Gasteiger partial charge on any atom is -0.343 e. The average molecular weight is 298 g/mol. The van der Waals surface area contributed by atoms with Crippen LogP contribution in [0.25, 0.3) is 0 Å². The second-order valence-corrected chi connectivity index (χ2v) is 4.63. The first-order valence-corrected chi connectivity index (χ1v) is 7.00. The predicted octanol–water partition coefficient (Wildman–Crippen LogP) is 2.94. The molecule has 1 N–H and O–H groups in total. The summed E-state index contributed by atoms with van der Waals surface area (Å²) in [6, 6.07) is 2.82. The molecular formula is C15H20F2N2O2. The van der Waals surface area contributed by atoms with Gasteiger partial charge in [0.05, 0.1) is 0 Å². The summed E-state index contributed by atoms with van der Waals surface area (Å²) in [4.78, 5) is 25.1. The SMILES string of the molecule is CCN(CC)C(=O)CCCC(=O)Nc1cc(F)cc(F)c1. The van der Waals surface area contributed by atoms with Crippen LogP contribution >= 0.6 is 0 Å². The van der Waals surface area contributed by atoms with E-state index in [1.807, 2.05) is 13.8 Å². The van der Waals surface area contributed by atoms with Crippen LogP contribution in [0.2, 0.25) is 0 Å². The summed E-state index contributed by atoms with van der Waals surface area (Å²) >= 11 is 0. The molecule has 0 fully saturated rings. The normalized spacial score (nSPS) is 10.3. The van der Waals surface area contributed by atoms with Gasteiger partial charge in [0.15, 0.2) is 0 Å². The second kappa shape index (κ2) is 8.34. The molecule has 0 unspecified atom stereocenters. The van der Waals surface area contributed by atoms with Crippen LogP contribution in [0.4, 0.5) is 14.5 Å². The fourth-order valence-electron chi connectivity index (χ4n) is 1.98. The molecule has 0 aromatic heterocycles. The highest BCUT2D eigenvalue weighted by Gasteiger charge is 2.11. The summed E-state index contributed by atoms with van der Waals surface area (Å²) < 4.78 is 25.9. The van der Waals surface area contributed by atoms with Crippen molar-refractivity contribution in [3.63, 3.8) is 0 Å². The van der Waals surface area contributed by atoms with Crippen molar-refractivity contribution < 1.29 is 18.4 Å². The zero-order valence-electron chi connectivity index (χ0n) is 12.3. The maximum Gasteiger partial charge on any atom is 0.224 e. The largest absolute Gasteiger partial charge is 0.343 e. The lowest BCUT2D eigenvalue weighted by Gasteiger charge is -2.18. The van der Waals surface area contributed by atoms with E-state index in [0.717, 1.165) is 18.2 Å². The Kier molecular flexibility index (Phi) is 6.78. The number of nitrogens with one attached hydrogen (secondary N) is 1. The molecule has 0 spiro atoms. The number of anilines is 1. The Morgan fingerprint density at radius 1 is 1.05 bits per heavy atom. The van der Waals surface area contributed by atoms with Gasteiger partial charge >= 0.3 is 0 Å². The number of hydrogen-bond donors (Lipinski definition) is 1. The Labute approximate surface area is 123 Å². The third-order valence-electron chi connectivity index (χ3n) is 3.06. The standard InChI is InChI=1S/C15H20F2N2O2/c1-3-19(4-2)15(21)7-5-6-14(20)18-13-9-11(16)8-12(17)10-13/h8-10H,3-7H2,1-2H3,(H,18,20). The van der Waals surface area contributed by atoms with Crippen LogP contribution in [-0.4, -0.2) is 29.8 Å². The summed E-state index contributed by atoms with van der Waals surface area (Å²) in [5, 5.41) is 2.41. The average Bonchev–Trinajstić information content (AvgIpc) is 2.38. The van der Waals surface area contributed by atoms with Crippen LogP contribution in [-0.2, 0) is 9.59 Å². The van der Waals surface area contributed by atoms with Gasteiger partial charge in [0.2, 0.25) is 11.8 Å². The molecule has 1 aromatic carbocycles. The van der Waals surface area contributed by atoms with Crippen LogP contribution in [0.1, 0.15) is 33.1 Å². The van der Waals surface area contributed by atoms with Crippen molar-refractivity contribution >= 4 is 17.5 Å². The Hall–Kier alpha value is -1.98. The summed E-state index contributed by atoms with van der Waals surface area (Å²) in [5.41, 5.74) is 0.0765. The highest BCUT2D eigenvalue weighted by molar-refractivity contribution is 5.91. The Morgan fingerprint density at radius 2 is 1.62 bits per heavy atom. The van der Waals surface area contributed by atoms with Gasteiger partial charge in [0.25, 0.3) is 0 Å². The highest BCUT2D eigenvalue weighted by atomic mass is 19.1. The van der Waals surface area contributed by atoms with E-state index < -0.39 is 11.6 Å². The van der Waals surface area contributed by atoms with Crippen molar-refractivity contribution in [2.24, 2.45) is 0 Å². The number of hydrogen-bond acceptors (Lipinski definition) is 2. The molecule has 0 radical (unpaired) electrons. The van der Waals surface area contributed by atoms with E-state index >= 15 is 0 Å². The minimum absolute atomic E-state index is 0.00426. The highest BCUT2D eigenvalue weighted by Crippen LogP contribution is 2.13. The van der Waals surface area contributed by atoms with Gasteiger partial charge in [-0.25, -0.2) is 8.78 Å². The van der Waals surface area contributed by atoms with Crippen molar-refractivity contribution in [2.75, 3.05) is 18.4 Å². The van der Waals surface area contributed by atoms with Crippen molar-refractivity contribution in [2.45, 2.75) is 33.1 Å². The number of nitrogens with zero attached hydrogens (tertiary/aromatic N) is 1. The summed E-state index contributed by atoms with van der Waals surface area (Å²) in [5.74, 6) is -1.86. The van der Waals surface area contributed by atoms with E-state index in [4.69, 9.17) is 0 Å². The molecule has 2 amide bonds. The number of benzene rings is 1. The lowest BCUT2D eigenvalue weighted by atomic mass is 10.2. The van der Waals surface area contributed by atoms with E-state index in [1.54, 1.807) is 4.90 Å². The van der Waals surface area contributed by atoms with Gasteiger partial charge in [-0.1, -0.05) is 0 Å². The molecule has 0 atom stereocenters. The zero-order chi connectivity index (χ0) is 15.8. The molecule has 0 saturated carbocycles. The zero-order valence-corrected chi connectivity index (χ0v) is 12.3. The van der Waals surface area contributed by atoms with Gasteiger partial charge < -0.3 is 10.2 Å². The lowest BCUT2D eigenvalue weighted by molar-refractivity contribution is -0.130. The Morgan fingerprint density at radius 3 is 2.14 bits per heavy atom. The first-order chi connectivity index (χ1) is 9.96. The van der Waals surface area contributed by atoms with Gasteiger partial charge in [0, 0.05) is 37.7 Å². The minimum atomic E-state index is -0.748. The van der Waals surface area contributed by atoms with Gasteiger partial charge in [-0.3, -0.25) is 9.59 Å². The molecule has 0 aliphatic heterocycles. The first kappa shape index (κ1) is 17.1. The predicted molar refractivity (Wildman–Crippen MR) is 76.8 cm³/mol. The monoisotopic (exact) mass is 298 g/mol. The van der Waals surface area contributed by atoms with Crippen LogP contribution in [0.15, 0.2) is 18.2 Å². The van der Waals surface area contributed by atoms with Crippen molar-refractivity contribution in [1.82, 2.24) is 4.90 Å². The van der Waals surface area contributed by atoms with Crippen LogP contribution < -0.4 is 5.32 Å². The molecule has 0 bridgehead atoms. The molecule has 0 aliphatic rings. The fourth-order valence-corrected chi connectivity index (χ4v) is 1.98. The molecule has 0 saturated heterocycles. The van der Waals surface area contributed by atoms with Gasteiger partial charge in [-0.15, -0.1) is 0 Å². The summed E-state index contributed by atoms with van der Waals surface area (Å²) in [6.45, 7) is 5.08. The van der Waals surface area contributed by atoms with Crippen LogP contribution in [0.5, 0.6) is 0 Å². The van der Waals surface area contributed by atoms with Gasteiger partial charge in [0.1, 0.15) is 11.6 Å². The van der Waals surface area contributed by atoms with Crippen LogP contribution in [0, 0.1) is 11.6 Å². The summed E-state index contributed by atoms with van der Waals surface area (Å²) in [7, 11) is 0. The van der Waals surface area contributed by atoms with E-state index in [0.29, 0.717) is 19.5 Å². The van der Waals surface area contributed by atoms with E-state index in [-0.39, 0.29) is 30.3 Å². The summed E-state index contributed by atoms with van der Waals surface area (Å²) in [6.07, 6.45) is 0.816. The Balaban J connectivity index is 2.39. The van der Waals surface area contributed by atoms with E-state index in [2.05, 4.69) is 5.32 Å². The number of carbonyl (C=O) groups excluding carboxylic acids is 2. The molecule has 0 aliphatic carbocycles. The molecule has 6 heteroatoms. The third kappa shape index (κ3) is 5.89. The number of carbonyl (C=O) groups is 2. The smallest absolute Gasteiger partial charge is 0.224 e. The topological polar surface area (TPSA) is 49.4 Å². The molecular weight excluding hydrogens is 278 g/mol. The van der Waals surface area contributed by atoms with E-state index in [1.165, 1.54) is 0 Å². The second-order valence-electron chi connectivity index (χ2n) is 4.63. The lowest BCUT2D eigenvalue weighted by Crippen LogP contribution is -2.30. The van der Waals surface area contributed by atoms with Crippen molar-refractivity contribution in [3.8, 4) is 0 Å². The molecule has 4 nitrogen and oxygen atoms in total. The molecule has 116 valence electrons. The molecule has 21 heavy (non-hydrogen) atoms. The van der Waals surface area contributed by atoms with Gasteiger partial charge in [-0.2, -0.15) is 0 Å². The van der Waals surface area contributed by atoms with E-state index in [9.17, 15) is 18.4 Å². The Bertz CT molecular complexity index is 482. The van der Waals surface area contributed by atoms with Gasteiger partial charge in [-0.05, 0) is 32.4 Å². The van der Waals surface area contributed by atoms with Crippen molar-refractivity contribution in [1.29, 1.82) is 0 Å². The van der Waals surface area contributed by atoms with Crippen molar-refractivity contribution in [3.05, 3.63) is 29.8 Å². The fraction of sp³-hybridized carbons (Fsp3) is 0.467. The maximum absolute atomic E-state index is 13.0. The van der Waals surface area contributed by atoms with Crippen LogP contribution in [0.3, 0.4) is 0 Å². The molecule has 0 heterocycles. The molecule has 1 aromatic rings. The number of halogens is 2. The quantitative estimate of drug-likeness (QED) is 0.841. The maximum atomic E-state index is 13.0. The number of amides is 2. The number of rotatable bonds is 7. The first-order valence-electron chi connectivity index (χ1n) is 7.00. The third-order valence-corrected chi connectivity index (χ3v) is 3.06.